The summed E-state index contributed by atoms with van der Waals surface area (Å²) in [6.45, 7) is 8.30. The minimum absolute atomic E-state index is 0.147. The molecular formula is C21H26N2O2S. The molecule has 0 spiro atoms. The number of anilines is 2. The highest BCUT2D eigenvalue weighted by Gasteiger charge is 2.33. The lowest BCUT2D eigenvalue weighted by Gasteiger charge is -2.33. The summed E-state index contributed by atoms with van der Waals surface area (Å²) in [5.41, 5.74) is 2.74. The second-order valence-corrected chi connectivity index (χ2v) is 9.12. The maximum absolute atomic E-state index is 13.0. The Kier molecular flexibility index (Phi) is 5.19. The van der Waals surface area contributed by atoms with E-state index in [9.17, 15) is 9.59 Å². The number of hydrogen-bond donors (Lipinski definition) is 2. The monoisotopic (exact) mass is 370 g/mol. The molecular weight excluding hydrogens is 344 g/mol. The van der Waals surface area contributed by atoms with Gasteiger partial charge < -0.3 is 10.6 Å². The van der Waals surface area contributed by atoms with E-state index in [4.69, 9.17) is 0 Å². The second-order valence-electron chi connectivity index (χ2n) is 8.01. The van der Waals surface area contributed by atoms with Crippen molar-refractivity contribution >= 4 is 33.8 Å². The van der Waals surface area contributed by atoms with Crippen molar-refractivity contribution in [3.8, 4) is 0 Å². The number of para-hydroxylation sites is 1. The summed E-state index contributed by atoms with van der Waals surface area (Å²) in [5, 5.41) is 6.51. The van der Waals surface area contributed by atoms with Gasteiger partial charge in [0.05, 0.1) is 5.56 Å². The van der Waals surface area contributed by atoms with Crippen molar-refractivity contribution in [2.75, 3.05) is 10.6 Å². The van der Waals surface area contributed by atoms with Gasteiger partial charge in [-0.2, -0.15) is 0 Å². The highest BCUT2D eigenvalue weighted by atomic mass is 32.1. The fourth-order valence-electron chi connectivity index (χ4n) is 3.53. The molecule has 1 atom stereocenters. The van der Waals surface area contributed by atoms with Gasteiger partial charge in [-0.3, -0.25) is 9.59 Å². The van der Waals surface area contributed by atoms with Crippen molar-refractivity contribution in [2.45, 2.75) is 47.0 Å². The van der Waals surface area contributed by atoms with E-state index in [-0.39, 0.29) is 17.2 Å². The largest absolute Gasteiger partial charge is 0.322 e. The van der Waals surface area contributed by atoms with Crippen LogP contribution < -0.4 is 10.6 Å². The predicted octanol–water partition coefficient (Wildman–Crippen LogP) is 5.11. The number of thiophene rings is 1. The molecule has 3 rings (SSSR count). The molecule has 138 valence electrons. The number of fused-ring (bicyclic) bond motifs is 1. The maximum Gasteiger partial charge on any atom is 0.258 e. The van der Waals surface area contributed by atoms with Crippen LogP contribution in [0.25, 0.3) is 0 Å². The molecule has 1 aromatic heterocycles. The van der Waals surface area contributed by atoms with Crippen LogP contribution >= 0.6 is 11.3 Å². The van der Waals surface area contributed by atoms with Gasteiger partial charge >= 0.3 is 0 Å². The predicted molar refractivity (Wildman–Crippen MR) is 108 cm³/mol. The lowest BCUT2D eigenvalue weighted by molar-refractivity contribution is -0.114. The molecule has 0 fully saturated rings. The van der Waals surface area contributed by atoms with Crippen LogP contribution in [0.4, 0.5) is 10.7 Å². The molecule has 0 radical (unpaired) electrons. The van der Waals surface area contributed by atoms with Crippen molar-refractivity contribution in [1.82, 2.24) is 0 Å². The Morgan fingerprint density at radius 2 is 1.81 bits per heavy atom. The zero-order valence-corrected chi connectivity index (χ0v) is 16.6. The highest BCUT2D eigenvalue weighted by Crippen LogP contribution is 2.44. The number of rotatable bonds is 3. The van der Waals surface area contributed by atoms with Crippen molar-refractivity contribution < 1.29 is 9.59 Å². The Morgan fingerprint density at radius 1 is 1.12 bits per heavy atom. The quantitative estimate of drug-likeness (QED) is 0.789. The number of amides is 2. The lowest BCUT2D eigenvalue weighted by Crippen LogP contribution is -2.27. The SMILES string of the molecule is CC(=O)Nc1sc2c(c1C(=O)Nc1ccccc1)CCC(C(C)(C)C)C2. The molecule has 5 heteroatoms. The third-order valence-electron chi connectivity index (χ3n) is 5.04. The Morgan fingerprint density at radius 3 is 2.42 bits per heavy atom. The van der Waals surface area contributed by atoms with E-state index >= 15 is 0 Å². The van der Waals surface area contributed by atoms with Crippen molar-refractivity contribution in [3.05, 3.63) is 46.3 Å². The molecule has 0 saturated heterocycles. The van der Waals surface area contributed by atoms with Crippen LogP contribution in [0, 0.1) is 11.3 Å². The summed E-state index contributed by atoms with van der Waals surface area (Å²) in [6, 6.07) is 9.43. The van der Waals surface area contributed by atoms with E-state index in [1.54, 1.807) is 11.3 Å². The standard InChI is InChI=1S/C21H26N2O2S/c1-13(24)22-20-18(19(25)23-15-8-6-5-7-9-15)16-11-10-14(21(2,3)4)12-17(16)26-20/h5-9,14H,10-12H2,1-4H3,(H,22,24)(H,23,25). The number of carbonyl (C=O) groups excluding carboxylic acids is 2. The van der Waals surface area contributed by atoms with Gasteiger partial charge in [0.25, 0.3) is 5.91 Å². The summed E-state index contributed by atoms with van der Waals surface area (Å²) < 4.78 is 0. The first-order chi connectivity index (χ1) is 12.3. The van der Waals surface area contributed by atoms with Crippen LogP contribution in [-0.2, 0) is 17.6 Å². The Bertz CT molecular complexity index is 819. The van der Waals surface area contributed by atoms with Gasteiger partial charge in [0.1, 0.15) is 5.00 Å². The average molecular weight is 371 g/mol. The maximum atomic E-state index is 13.0. The first kappa shape index (κ1) is 18.6. The molecule has 26 heavy (non-hydrogen) atoms. The minimum Gasteiger partial charge on any atom is -0.322 e. The van der Waals surface area contributed by atoms with Gasteiger partial charge in [0, 0.05) is 17.5 Å². The van der Waals surface area contributed by atoms with Crippen LogP contribution in [0.15, 0.2) is 30.3 Å². The smallest absolute Gasteiger partial charge is 0.258 e. The zero-order valence-electron chi connectivity index (χ0n) is 15.8. The van der Waals surface area contributed by atoms with Gasteiger partial charge in [-0.1, -0.05) is 39.0 Å². The van der Waals surface area contributed by atoms with Crippen molar-refractivity contribution in [1.29, 1.82) is 0 Å². The van der Waals surface area contributed by atoms with Crippen LogP contribution in [0.5, 0.6) is 0 Å². The summed E-state index contributed by atoms with van der Waals surface area (Å²) in [7, 11) is 0. The van der Waals surface area contributed by atoms with E-state index in [0.29, 0.717) is 16.5 Å². The van der Waals surface area contributed by atoms with Crippen LogP contribution in [0.3, 0.4) is 0 Å². The van der Waals surface area contributed by atoms with E-state index in [0.717, 1.165) is 30.5 Å². The Labute approximate surface area is 159 Å². The van der Waals surface area contributed by atoms with E-state index < -0.39 is 0 Å². The Balaban J connectivity index is 1.94. The lowest BCUT2D eigenvalue weighted by atomic mass is 9.72. The fraction of sp³-hybridized carbons (Fsp3) is 0.429. The van der Waals surface area contributed by atoms with Gasteiger partial charge in [-0.25, -0.2) is 0 Å². The average Bonchev–Trinajstić information content (AvgIpc) is 2.91. The fourth-order valence-corrected chi connectivity index (χ4v) is 4.90. The number of hydrogen-bond acceptors (Lipinski definition) is 3. The molecule has 0 saturated carbocycles. The first-order valence-corrected chi connectivity index (χ1v) is 9.86. The molecule has 1 heterocycles. The molecule has 2 N–H and O–H groups in total. The normalized spacial score (nSPS) is 16.7. The summed E-state index contributed by atoms with van der Waals surface area (Å²) in [5.74, 6) is 0.292. The van der Waals surface area contributed by atoms with Crippen molar-refractivity contribution in [3.63, 3.8) is 0 Å². The Hall–Kier alpha value is -2.14. The summed E-state index contributed by atoms with van der Waals surface area (Å²) in [6.07, 6.45) is 2.91. The van der Waals surface area contributed by atoms with E-state index in [1.165, 1.54) is 11.8 Å². The molecule has 1 aliphatic carbocycles. The molecule has 2 aromatic rings. The molecule has 1 aliphatic rings. The van der Waals surface area contributed by atoms with Gasteiger partial charge in [0.15, 0.2) is 0 Å². The summed E-state index contributed by atoms with van der Waals surface area (Å²) >= 11 is 1.56. The number of nitrogens with one attached hydrogen (secondary N) is 2. The first-order valence-electron chi connectivity index (χ1n) is 9.04. The third-order valence-corrected chi connectivity index (χ3v) is 6.21. The van der Waals surface area contributed by atoms with Crippen LogP contribution in [0.1, 0.15) is 54.9 Å². The van der Waals surface area contributed by atoms with E-state index in [1.807, 2.05) is 30.3 Å². The van der Waals surface area contributed by atoms with Crippen molar-refractivity contribution in [2.24, 2.45) is 11.3 Å². The summed E-state index contributed by atoms with van der Waals surface area (Å²) in [4.78, 5) is 25.9. The van der Waals surface area contributed by atoms with Crippen LogP contribution in [-0.4, -0.2) is 11.8 Å². The second kappa shape index (κ2) is 7.23. The highest BCUT2D eigenvalue weighted by molar-refractivity contribution is 7.17. The molecule has 2 amide bonds. The molecule has 1 unspecified atom stereocenters. The number of carbonyl (C=O) groups is 2. The molecule has 0 bridgehead atoms. The zero-order chi connectivity index (χ0) is 18.9. The van der Waals surface area contributed by atoms with Gasteiger partial charge in [0.2, 0.25) is 5.91 Å². The topological polar surface area (TPSA) is 58.2 Å². The number of benzene rings is 1. The minimum atomic E-state index is -0.148. The molecule has 0 aliphatic heterocycles. The van der Waals surface area contributed by atoms with Crippen LogP contribution in [0.2, 0.25) is 0 Å². The molecule has 4 nitrogen and oxygen atoms in total. The third kappa shape index (κ3) is 3.98. The van der Waals surface area contributed by atoms with Gasteiger partial charge in [-0.05, 0) is 48.3 Å². The molecule has 1 aromatic carbocycles. The van der Waals surface area contributed by atoms with E-state index in [2.05, 4.69) is 31.4 Å². The van der Waals surface area contributed by atoms with Gasteiger partial charge in [-0.15, -0.1) is 11.3 Å².